The number of unbranched alkanes of at least 4 members (excludes halogenated alkanes) is 3. The summed E-state index contributed by atoms with van der Waals surface area (Å²) in [5, 5.41) is 18.8. The van der Waals surface area contributed by atoms with Crippen molar-refractivity contribution in [2.45, 2.75) is 96.5 Å². The fraction of sp³-hybridized carbons (Fsp3) is 1.00. The van der Waals surface area contributed by atoms with Gasteiger partial charge in [0.25, 0.3) is 0 Å². The van der Waals surface area contributed by atoms with E-state index in [4.69, 9.17) is 13.0 Å². The highest BCUT2D eigenvalue weighted by Crippen LogP contribution is 2.26. The highest BCUT2D eigenvalue weighted by Gasteiger charge is 2.39. The molecule has 5 nitrogen and oxygen atoms in total. The molecule has 0 aromatic rings. The van der Waals surface area contributed by atoms with Gasteiger partial charge in [0, 0.05) is 6.61 Å². The Morgan fingerprint density at radius 2 is 1.19 bits per heavy atom. The van der Waals surface area contributed by atoms with Gasteiger partial charge in [0.2, 0.25) is 0 Å². The molecule has 0 atom stereocenters. The Morgan fingerprint density at radius 3 is 1.58 bits per heavy atom. The van der Waals surface area contributed by atoms with Gasteiger partial charge in [-0.3, -0.25) is 0 Å². The quantitative estimate of drug-likeness (QED) is 0.300. The van der Waals surface area contributed by atoms with Crippen LogP contribution in [-0.2, 0) is 13.0 Å². The molecule has 0 radical (unpaired) electrons. The summed E-state index contributed by atoms with van der Waals surface area (Å²) in [6.07, 6.45) is 4.90. The molecule has 0 aromatic heterocycles. The molecule has 0 unspecified atom stereocenters. The summed E-state index contributed by atoms with van der Waals surface area (Å²) in [4.78, 5) is 0. The van der Waals surface area contributed by atoms with Crippen molar-refractivity contribution in [2.24, 2.45) is 0 Å². The summed E-state index contributed by atoms with van der Waals surface area (Å²) in [6, 6.07) is 1.05. The SMILES string of the molecule is CCC(CO)(CO)OCCCCCC[Si](C)(O[Si](C)(C)C)O[Si](C)(C)C. The van der Waals surface area contributed by atoms with Crippen LogP contribution in [0.1, 0.15) is 39.0 Å². The van der Waals surface area contributed by atoms with Gasteiger partial charge in [-0.25, -0.2) is 0 Å². The van der Waals surface area contributed by atoms with Gasteiger partial charge < -0.3 is 23.2 Å². The van der Waals surface area contributed by atoms with Crippen LogP contribution in [0.4, 0.5) is 0 Å². The van der Waals surface area contributed by atoms with E-state index in [1.165, 1.54) is 0 Å². The smallest absolute Gasteiger partial charge is 0.314 e. The first-order valence-corrected chi connectivity index (χ1v) is 19.4. The summed E-state index contributed by atoms with van der Waals surface area (Å²) < 4.78 is 18.8. The molecule has 0 rings (SSSR count). The van der Waals surface area contributed by atoms with Crippen molar-refractivity contribution < 1.29 is 23.2 Å². The normalized spacial score (nSPS) is 14.1. The third kappa shape index (κ3) is 12.0. The molecule has 26 heavy (non-hydrogen) atoms. The molecule has 0 aromatic carbocycles. The molecular weight excluding hydrogens is 380 g/mol. The Kier molecular flexibility index (Phi) is 11.7. The van der Waals surface area contributed by atoms with Crippen LogP contribution in [-0.4, -0.2) is 60.8 Å². The van der Waals surface area contributed by atoms with E-state index in [9.17, 15) is 10.2 Å². The molecule has 8 heteroatoms. The summed E-state index contributed by atoms with van der Waals surface area (Å²) in [5.74, 6) is 0. The predicted molar refractivity (Wildman–Crippen MR) is 117 cm³/mol. The number of hydrogen-bond donors (Lipinski definition) is 2. The highest BCUT2D eigenvalue weighted by molar-refractivity contribution is 6.87. The average Bonchev–Trinajstić information content (AvgIpc) is 2.47. The van der Waals surface area contributed by atoms with Crippen LogP contribution in [0.5, 0.6) is 0 Å². The monoisotopic (exact) mass is 424 g/mol. The maximum absolute atomic E-state index is 9.39. The summed E-state index contributed by atoms with van der Waals surface area (Å²) in [5.41, 5.74) is -0.776. The molecule has 0 spiro atoms. The molecule has 0 amide bonds. The first-order valence-electron chi connectivity index (χ1n) is 10.1. The fourth-order valence-corrected chi connectivity index (χ4v) is 15.7. The Balaban J connectivity index is 4.28. The first-order chi connectivity index (χ1) is 11.8. The molecule has 0 aliphatic heterocycles. The van der Waals surface area contributed by atoms with E-state index in [2.05, 4.69) is 45.8 Å². The molecule has 2 N–H and O–H groups in total. The lowest BCUT2D eigenvalue weighted by Crippen LogP contribution is -2.52. The van der Waals surface area contributed by atoms with Crippen LogP contribution in [0, 0.1) is 0 Å². The molecule has 158 valence electrons. The van der Waals surface area contributed by atoms with Crippen LogP contribution in [0.15, 0.2) is 0 Å². The maximum Gasteiger partial charge on any atom is 0.314 e. The number of rotatable bonds is 15. The molecule has 0 heterocycles. The zero-order chi connectivity index (χ0) is 20.5. The summed E-state index contributed by atoms with van der Waals surface area (Å²) >= 11 is 0. The van der Waals surface area contributed by atoms with Crippen LogP contribution in [0.3, 0.4) is 0 Å². The van der Waals surface area contributed by atoms with Crippen molar-refractivity contribution in [1.82, 2.24) is 0 Å². The second-order valence-electron chi connectivity index (χ2n) is 9.43. The van der Waals surface area contributed by atoms with Gasteiger partial charge in [-0.15, -0.1) is 0 Å². The van der Waals surface area contributed by atoms with Gasteiger partial charge in [0.05, 0.1) is 13.2 Å². The summed E-state index contributed by atoms with van der Waals surface area (Å²) in [6.45, 7) is 17.9. The van der Waals surface area contributed by atoms with Crippen LogP contribution in [0.25, 0.3) is 0 Å². The van der Waals surface area contributed by atoms with Gasteiger partial charge in [0.15, 0.2) is 16.6 Å². The fourth-order valence-electron chi connectivity index (χ4n) is 3.08. The standard InChI is InChI=1S/C18H44O5Si3/c1-9-18(16-19,17-20)21-14-12-10-11-13-15-26(8,22-24(2,3)4)23-25(5,6)7/h19-20H,9-17H2,1-8H3. The van der Waals surface area contributed by atoms with Crippen LogP contribution >= 0.6 is 0 Å². The summed E-state index contributed by atoms with van der Waals surface area (Å²) in [7, 11) is -5.34. The van der Waals surface area contributed by atoms with E-state index in [0.717, 1.165) is 31.7 Å². The van der Waals surface area contributed by atoms with E-state index in [0.29, 0.717) is 13.0 Å². The molecule has 0 aliphatic rings. The topological polar surface area (TPSA) is 68.2 Å². The lowest BCUT2D eigenvalue weighted by atomic mass is 10.0. The minimum Gasteiger partial charge on any atom is -0.437 e. The van der Waals surface area contributed by atoms with E-state index in [-0.39, 0.29) is 13.2 Å². The van der Waals surface area contributed by atoms with Crippen molar-refractivity contribution in [3.63, 3.8) is 0 Å². The minimum absolute atomic E-state index is 0.133. The van der Waals surface area contributed by atoms with Gasteiger partial charge >= 0.3 is 8.56 Å². The highest BCUT2D eigenvalue weighted by atomic mass is 28.5. The molecule has 0 saturated carbocycles. The molecular formula is C18H44O5Si3. The molecule has 0 bridgehead atoms. The van der Waals surface area contributed by atoms with Gasteiger partial charge in [0.1, 0.15) is 5.60 Å². The van der Waals surface area contributed by atoms with Crippen LogP contribution < -0.4 is 0 Å². The van der Waals surface area contributed by atoms with E-state index >= 15 is 0 Å². The zero-order valence-corrected chi connectivity index (χ0v) is 21.5. The van der Waals surface area contributed by atoms with E-state index in [1.54, 1.807) is 0 Å². The largest absolute Gasteiger partial charge is 0.437 e. The van der Waals surface area contributed by atoms with E-state index in [1.807, 2.05) is 6.92 Å². The van der Waals surface area contributed by atoms with Crippen molar-refractivity contribution in [2.75, 3.05) is 19.8 Å². The minimum atomic E-state index is -2.11. The molecule has 0 fully saturated rings. The van der Waals surface area contributed by atoms with Gasteiger partial charge in [-0.2, -0.15) is 0 Å². The predicted octanol–water partition coefficient (Wildman–Crippen LogP) is 4.47. The number of aliphatic hydroxyl groups excluding tert-OH is 2. The second kappa shape index (κ2) is 11.5. The first kappa shape index (κ1) is 26.5. The Hall–Kier alpha value is 0.451. The lowest BCUT2D eigenvalue weighted by molar-refractivity contribution is -0.111. The molecule has 0 saturated heterocycles. The van der Waals surface area contributed by atoms with E-state index < -0.39 is 30.8 Å². The Labute approximate surface area is 165 Å². The maximum atomic E-state index is 9.39. The number of ether oxygens (including phenoxy) is 1. The average molecular weight is 425 g/mol. The van der Waals surface area contributed by atoms with Crippen molar-refractivity contribution in [3.8, 4) is 0 Å². The lowest BCUT2D eigenvalue weighted by Gasteiger charge is -2.38. The molecule has 0 aliphatic carbocycles. The van der Waals surface area contributed by atoms with Crippen molar-refractivity contribution in [1.29, 1.82) is 0 Å². The third-order valence-electron chi connectivity index (χ3n) is 4.20. The number of hydrogen-bond acceptors (Lipinski definition) is 5. The van der Waals surface area contributed by atoms with Crippen molar-refractivity contribution >= 4 is 25.2 Å². The Bertz CT molecular complexity index is 352. The zero-order valence-electron chi connectivity index (χ0n) is 18.5. The third-order valence-corrected chi connectivity index (χ3v) is 13.8. The van der Waals surface area contributed by atoms with Crippen molar-refractivity contribution in [3.05, 3.63) is 0 Å². The number of aliphatic hydroxyl groups is 2. The Morgan fingerprint density at radius 1 is 0.731 bits per heavy atom. The van der Waals surface area contributed by atoms with Crippen LogP contribution in [0.2, 0.25) is 51.9 Å². The van der Waals surface area contributed by atoms with Gasteiger partial charge in [-0.05, 0) is 64.7 Å². The van der Waals surface area contributed by atoms with Gasteiger partial charge in [-0.1, -0.05) is 26.2 Å². The second-order valence-corrected chi connectivity index (χ2v) is 22.3.